The quantitative estimate of drug-likeness (QED) is 0.920. The van der Waals surface area contributed by atoms with Crippen LogP contribution < -0.4 is 0 Å². The maximum absolute atomic E-state index is 10.6. The van der Waals surface area contributed by atoms with Gasteiger partial charge in [0, 0.05) is 11.8 Å². The van der Waals surface area contributed by atoms with Gasteiger partial charge in [0.15, 0.2) is 0 Å². The molecule has 0 saturated heterocycles. The van der Waals surface area contributed by atoms with Gasteiger partial charge in [0.05, 0.1) is 17.1 Å². The highest BCUT2D eigenvalue weighted by molar-refractivity contribution is 7.09. The van der Waals surface area contributed by atoms with Crippen molar-refractivity contribution in [2.75, 3.05) is 0 Å². The monoisotopic (exact) mass is 261 g/mol. The third-order valence-electron chi connectivity index (χ3n) is 2.57. The summed E-state index contributed by atoms with van der Waals surface area (Å²) in [6, 6.07) is 6.43. The zero-order chi connectivity index (χ0) is 13.1. The molecule has 2 aromatic rings. The summed E-state index contributed by atoms with van der Waals surface area (Å²) in [5.41, 5.74) is 4.36. The van der Waals surface area contributed by atoms with Crippen molar-refractivity contribution < 1.29 is 9.90 Å². The highest BCUT2D eigenvalue weighted by atomic mass is 32.1. The van der Waals surface area contributed by atoms with Crippen LogP contribution in [0.25, 0.3) is 0 Å². The molecule has 4 heteroatoms. The number of carboxylic acid groups (broad SMARTS) is 1. The number of carbonyl (C=O) groups is 1. The van der Waals surface area contributed by atoms with E-state index >= 15 is 0 Å². The van der Waals surface area contributed by atoms with E-state index in [4.69, 9.17) is 5.11 Å². The molecule has 1 aromatic heterocycles. The average Bonchev–Trinajstić information content (AvgIpc) is 2.62. The molecule has 0 spiro atoms. The number of hydrogen-bond donors (Lipinski definition) is 1. The molecule has 0 aliphatic rings. The highest BCUT2D eigenvalue weighted by Crippen LogP contribution is 2.17. The number of nitrogens with zero attached hydrogens (tertiary/aromatic N) is 1. The second kappa shape index (κ2) is 5.31. The van der Waals surface area contributed by atoms with Crippen LogP contribution in [0.1, 0.15) is 27.4 Å². The lowest BCUT2D eigenvalue weighted by Crippen LogP contribution is -2.00. The molecular formula is C14H15NO2S. The fourth-order valence-electron chi connectivity index (χ4n) is 2.01. The molecule has 0 bridgehead atoms. The Balaban J connectivity index is 2.13. The fourth-order valence-corrected chi connectivity index (χ4v) is 2.84. The van der Waals surface area contributed by atoms with Crippen molar-refractivity contribution in [2.45, 2.75) is 26.7 Å². The maximum Gasteiger partial charge on any atom is 0.309 e. The molecule has 3 nitrogen and oxygen atoms in total. The number of hydrogen-bond acceptors (Lipinski definition) is 3. The standard InChI is InChI=1S/C14H15NO2S/c1-9-3-10(2)5-11(4-9)6-13-15-12(8-18-13)7-14(16)17/h3-5,8H,6-7H2,1-2H3,(H,16,17). The maximum atomic E-state index is 10.6. The minimum Gasteiger partial charge on any atom is -0.481 e. The number of aryl methyl sites for hydroxylation is 2. The summed E-state index contributed by atoms with van der Waals surface area (Å²) >= 11 is 1.52. The predicted octanol–water partition coefficient (Wildman–Crippen LogP) is 2.98. The van der Waals surface area contributed by atoms with Gasteiger partial charge in [0.1, 0.15) is 0 Å². The molecule has 0 atom stereocenters. The summed E-state index contributed by atoms with van der Waals surface area (Å²) < 4.78 is 0. The van der Waals surface area contributed by atoms with Crippen LogP contribution >= 0.6 is 11.3 Å². The van der Waals surface area contributed by atoms with Gasteiger partial charge >= 0.3 is 5.97 Å². The molecule has 0 fully saturated rings. The van der Waals surface area contributed by atoms with Gasteiger partial charge < -0.3 is 5.11 Å². The Morgan fingerprint density at radius 3 is 2.56 bits per heavy atom. The van der Waals surface area contributed by atoms with Crippen LogP contribution in [0, 0.1) is 13.8 Å². The Hall–Kier alpha value is -1.68. The molecular weight excluding hydrogens is 246 g/mol. The van der Waals surface area contributed by atoms with Crippen LogP contribution in [0.3, 0.4) is 0 Å². The molecule has 1 N–H and O–H groups in total. The molecule has 0 amide bonds. The van der Waals surface area contributed by atoms with E-state index in [9.17, 15) is 4.79 Å². The van der Waals surface area contributed by atoms with Gasteiger partial charge in [0.25, 0.3) is 0 Å². The van der Waals surface area contributed by atoms with Crippen molar-refractivity contribution in [3.05, 3.63) is 51.0 Å². The van der Waals surface area contributed by atoms with E-state index in [0.717, 1.165) is 11.4 Å². The first-order chi connectivity index (χ1) is 8.52. The SMILES string of the molecule is Cc1cc(C)cc(Cc2nc(CC(=O)O)cs2)c1. The Morgan fingerprint density at radius 2 is 1.94 bits per heavy atom. The third-order valence-corrected chi connectivity index (χ3v) is 3.47. The van der Waals surface area contributed by atoms with Crippen molar-refractivity contribution in [3.63, 3.8) is 0 Å². The van der Waals surface area contributed by atoms with E-state index in [2.05, 4.69) is 37.0 Å². The van der Waals surface area contributed by atoms with Crippen molar-refractivity contribution in [3.8, 4) is 0 Å². The van der Waals surface area contributed by atoms with Crippen molar-refractivity contribution in [2.24, 2.45) is 0 Å². The van der Waals surface area contributed by atoms with Crippen molar-refractivity contribution >= 4 is 17.3 Å². The van der Waals surface area contributed by atoms with Crippen LogP contribution in [0.2, 0.25) is 0 Å². The number of benzene rings is 1. The van der Waals surface area contributed by atoms with E-state index in [1.807, 2.05) is 5.38 Å². The van der Waals surface area contributed by atoms with Crippen LogP contribution in [0.15, 0.2) is 23.6 Å². The Labute approximate surface area is 110 Å². The Morgan fingerprint density at radius 1 is 1.28 bits per heavy atom. The first-order valence-corrected chi connectivity index (χ1v) is 6.63. The Bertz CT molecular complexity index is 555. The van der Waals surface area contributed by atoms with Crippen LogP contribution in [0.4, 0.5) is 0 Å². The van der Waals surface area contributed by atoms with E-state index in [-0.39, 0.29) is 6.42 Å². The molecule has 0 aliphatic carbocycles. The summed E-state index contributed by atoms with van der Waals surface area (Å²) in [6.07, 6.45) is 0.774. The minimum absolute atomic E-state index is 0.00332. The molecule has 0 aliphatic heterocycles. The largest absolute Gasteiger partial charge is 0.481 e. The smallest absolute Gasteiger partial charge is 0.309 e. The van der Waals surface area contributed by atoms with Gasteiger partial charge in [-0.2, -0.15) is 0 Å². The van der Waals surface area contributed by atoms with Gasteiger partial charge in [-0.25, -0.2) is 4.98 Å². The summed E-state index contributed by atoms with van der Waals surface area (Å²) in [7, 11) is 0. The lowest BCUT2D eigenvalue weighted by atomic mass is 10.1. The number of aliphatic carboxylic acids is 1. The topological polar surface area (TPSA) is 50.2 Å². The van der Waals surface area contributed by atoms with E-state index < -0.39 is 5.97 Å². The second-order valence-corrected chi connectivity index (χ2v) is 5.42. The zero-order valence-corrected chi connectivity index (χ0v) is 11.3. The van der Waals surface area contributed by atoms with Crippen molar-refractivity contribution in [1.82, 2.24) is 4.98 Å². The van der Waals surface area contributed by atoms with E-state index in [1.165, 1.54) is 28.0 Å². The van der Waals surface area contributed by atoms with Gasteiger partial charge in [0.2, 0.25) is 0 Å². The molecule has 1 aromatic carbocycles. The lowest BCUT2D eigenvalue weighted by Gasteiger charge is -2.02. The summed E-state index contributed by atoms with van der Waals surface area (Å²) in [5.74, 6) is -0.835. The average molecular weight is 261 g/mol. The third kappa shape index (κ3) is 3.40. The van der Waals surface area contributed by atoms with Crippen LogP contribution in [-0.4, -0.2) is 16.1 Å². The first-order valence-electron chi connectivity index (χ1n) is 5.75. The molecule has 0 saturated carbocycles. The summed E-state index contributed by atoms with van der Waals surface area (Å²) in [6.45, 7) is 4.16. The molecule has 2 rings (SSSR count). The second-order valence-electron chi connectivity index (χ2n) is 4.48. The number of carboxylic acids is 1. The fraction of sp³-hybridized carbons (Fsp3) is 0.286. The van der Waals surface area contributed by atoms with E-state index in [1.54, 1.807) is 0 Å². The van der Waals surface area contributed by atoms with Crippen LogP contribution in [0.5, 0.6) is 0 Å². The van der Waals surface area contributed by atoms with Gasteiger partial charge in [-0.1, -0.05) is 29.3 Å². The van der Waals surface area contributed by atoms with E-state index in [0.29, 0.717) is 5.69 Å². The summed E-state index contributed by atoms with van der Waals surface area (Å²) in [5, 5.41) is 11.5. The number of thiazole rings is 1. The van der Waals surface area contributed by atoms with Gasteiger partial charge in [-0.3, -0.25) is 4.79 Å². The minimum atomic E-state index is -0.835. The van der Waals surface area contributed by atoms with Gasteiger partial charge in [-0.05, 0) is 19.4 Å². The molecule has 94 valence electrons. The molecule has 0 radical (unpaired) electrons. The Kier molecular flexibility index (Phi) is 3.77. The van der Waals surface area contributed by atoms with Gasteiger partial charge in [-0.15, -0.1) is 11.3 Å². The lowest BCUT2D eigenvalue weighted by molar-refractivity contribution is -0.136. The first kappa shape index (κ1) is 12.8. The van der Waals surface area contributed by atoms with Crippen molar-refractivity contribution in [1.29, 1.82) is 0 Å². The summed E-state index contributed by atoms with van der Waals surface area (Å²) in [4.78, 5) is 14.9. The van der Waals surface area contributed by atoms with Crippen LogP contribution in [-0.2, 0) is 17.6 Å². The number of aromatic nitrogens is 1. The highest BCUT2D eigenvalue weighted by Gasteiger charge is 2.07. The normalized spacial score (nSPS) is 10.6. The molecule has 18 heavy (non-hydrogen) atoms. The zero-order valence-electron chi connectivity index (χ0n) is 10.4. The number of rotatable bonds is 4. The molecule has 0 unspecified atom stereocenters. The molecule has 1 heterocycles. The predicted molar refractivity (Wildman–Crippen MR) is 72.2 cm³/mol.